The zero-order valence-electron chi connectivity index (χ0n) is 11.5. The highest BCUT2D eigenvalue weighted by atomic mass is 79.9. The van der Waals surface area contributed by atoms with Crippen LogP contribution in [-0.4, -0.2) is 13.3 Å². The van der Waals surface area contributed by atoms with E-state index in [9.17, 15) is 0 Å². The molecule has 0 atom stereocenters. The molecular formula is C13H19BrClNOSi. The Bertz CT molecular complexity index is 469. The van der Waals surface area contributed by atoms with Crippen molar-refractivity contribution in [1.29, 1.82) is 0 Å². The van der Waals surface area contributed by atoms with E-state index in [0.717, 1.165) is 4.47 Å². The van der Waals surface area contributed by atoms with Gasteiger partial charge >= 0.3 is 0 Å². The Kier molecular flexibility index (Phi) is 4.68. The molecule has 0 radical (unpaired) electrons. The minimum atomic E-state index is -1.90. The minimum Gasteiger partial charge on any atom is -0.542 e. The molecule has 0 amide bonds. The maximum Gasteiger partial charge on any atom is 0.250 e. The van der Waals surface area contributed by atoms with E-state index in [4.69, 9.17) is 16.0 Å². The summed E-state index contributed by atoms with van der Waals surface area (Å²) in [4.78, 5) is 4.26. The van der Waals surface area contributed by atoms with E-state index in [2.05, 4.69) is 61.4 Å². The van der Waals surface area contributed by atoms with E-state index < -0.39 is 8.32 Å². The van der Waals surface area contributed by atoms with E-state index in [-0.39, 0.29) is 5.04 Å². The summed E-state index contributed by atoms with van der Waals surface area (Å²) in [5.41, 5.74) is 0.615. The lowest BCUT2D eigenvalue weighted by Gasteiger charge is -2.37. The van der Waals surface area contributed by atoms with Crippen molar-refractivity contribution in [3.8, 4) is 0 Å². The molecule has 0 unspecified atom stereocenters. The Balaban J connectivity index is 2.96. The van der Waals surface area contributed by atoms with Gasteiger partial charge in [-0.15, -0.1) is 0 Å². The molecule has 0 saturated carbocycles. The van der Waals surface area contributed by atoms with Gasteiger partial charge in [-0.25, -0.2) is 0 Å². The summed E-state index contributed by atoms with van der Waals surface area (Å²) in [5.74, 6) is 0.555. The lowest BCUT2D eigenvalue weighted by atomic mass is 10.2. The number of halogens is 2. The Morgan fingerprint density at radius 2 is 2.00 bits per heavy atom. The first-order valence-electron chi connectivity index (χ1n) is 5.74. The Hall–Kier alpha value is -0.323. The zero-order valence-corrected chi connectivity index (χ0v) is 14.8. The van der Waals surface area contributed by atoms with Crippen LogP contribution < -0.4 is 0 Å². The Morgan fingerprint density at radius 3 is 2.44 bits per heavy atom. The van der Waals surface area contributed by atoms with Crippen molar-refractivity contribution >= 4 is 41.6 Å². The van der Waals surface area contributed by atoms with Crippen LogP contribution in [0, 0.1) is 0 Å². The number of rotatable bonds is 3. The van der Waals surface area contributed by atoms with Crippen molar-refractivity contribution in [1.82, 2.24) is 4.98 Å². The normalized spacial score (nSPS) is 12.4. The largest absolute Gasteiger partial charge is 0.542 e. The summed E-state index contributed by atoms with van der Waals surface area (Å²) in [6, 6.07) is 1.80. The molecule has 1 aromatic heterocycles. The quantitative estimate of drug-likeness (QED) is 0.532. The van der Waals surface area contributed by atoms with Gasteiger partial charge < -0.3 is 4.43 Å². The number of aromatic nitrogens is 1. The van der Waals surface area contributed by atoms with Crippen LogP contribution in [0.1, 0.15) is 26.5 Å². The topological polar surface area (TPSA) is 22.1 Å². The molecule has 0 aliphatic rings. The average molecular weight is 349 g/mol. The fourth-order valence-electron chi connectivity index (χ4n) is 1.13. The number of nitrogens with zero attached hydrogens (tertiary/aromatic N) is 1. The zero-order chi connectivity index (χ0) is 14.1. The second kappa shape index (κ2) is 5.35. The van der Waals surface area contributed by atoms with E-state index >= 15 is 0 Å². The van der Waals surface area contributed by atoms with Crippen LogP contribution in [0.15, 0.2) is 23.3 Å². The monoisotopic (exact) mass is 347 g/mol. The van der Waals surface area contributed by atoms with Gasteiger partial charge in [0.25, 0.3) is 8.32 Å². The lowest BCUT2D eigenvalue weighted by Crippen LogP contribution is -2.40. The predicted molar refractivity (Wildman–Crippen MR) is 84.3 cm³/mol. The molecule has 2 nitrogen and oxygen atoms in total. The van der Waals surface area contributed by atoms with Crippen molar-refractivity contribution < 1.29 is 4.43 Å². The van der Waals surface area contributed by atoms with Gasteiger partial charge in [-0.3, -0.25) is 4.98 Å². The highest BCUT2D eigenvalue weighted by Gasteiger charge is 2.39. The van der Waals surface area contributed by atoms with Crippen LogP contribution in [0.5, 0.6) is 0 Å². The van der Waals surface area contributed by atoms with E-state index in [0.29, 0.717) is 16.5 Å². The minimum absolute atomic E-state index is 0.123. The summed E-state index contributed by atoms with van der Waals surface area (Å²) < 4.78 is 6.94. The van der Waals surface area contributed by atoms with Gasteiger partial charge in [0, 0.05) is 10.7 Å². The van der Waals surface area contributed by atoms with Crippen molar-refractivity contribution in [2.75, 3.05) is 0 Å². The molecule has 100 valence electrons. The smallest absolute Gasteiger partial charge is 0.250 e. The third kappa shape index (κ3) is 3.59. The van der Waals surface area contributed by atoms with Crippen molar-refractivity contribution in [3.05, 3.63) is 34.0 Å². The molecule has 0 fully saturated rings. The second-order valence-corrected chi connectivity index (χ2v) is 11.8. The summed E-state index contributed by atoms with van der Waals surface area (Å²) in [5, 5.41) is 0.672. The van der Waals surface area contributed by atoms with Crippen LogP contribution in [0.4, 0.5) is 0 Å². The van der Waals surface area contributed by atoms with Gasteiger partial charge in [0.1, 0.15) is 11.5 Å². The summed E-state index contributed by atoms with van der Waals surface area (Å²) in [6.07, 6.45) is 1.70. The number of pyridine rings is 1. The maximum absolute atomic E-state index is 6.15. The molecule has 5 heteroatoms. The highest BCUT2D eigenvalue weighted by Crippen LogP contribution is 2.39. The second-order valence-electron chi connectivity index (χ2n) is 5.77. The van der Waals surface area contributed by atoms with Gasteiger partial charge in [0.2, 0.25) is 0 Å². The molecule has 0 bridgehead atoms. The number of hydrogen-bond acceptors (Lipinski definition) is 2. The molecule has 0 aromatic carbocycles. The van der Waals surface area contributed by atoms with Crippen LogP contribution in [-0.2, 0) is 4.43 Å². The third-order valence-corrected chi connectivity index (χ3v) is 8.35. The summed E-state index contributed by atoms with van der Waals surface area (Å²) in [6.45, 7) is 14.9. The van der Waals surface area contributed by atoms with Crippen LogP contribution in [0.2, 0.25) is 23.2 Å². The summed E-state index contributed by atoms with van der Waals surface area (Å²) >= 11 is 9.48. The lowest BCUT2D eigenvalue weighted by molar-refractivity contribution is 0.457. The van der Waals surface area contributed by atoms with Gasteiger partial charge in [-0.2, -0.15) is 0 Å². The Labute approximate surface area is 124 Å². The highest BCUT2D eigenvalue weighted by molar-refractivity contribution is 9.10. The first kappa shape index (κ1) is 15.7. The summed E-state index contributed by atoms with van der Waals surface area (Å²) in [7, 11) is -1.90. The standard InChI is InChI=1S/C13H19BrClNOSi/c1-9(17-18(5,6)13(2,3)4)12-11(15)7-10(14)8-16-12/h7-8H,1H2,2-6H3. The molecule has 18 heavy (non-hydrogen) atoms. The van der Waals surface area contributed by atoms with Crippen molar-refractivity contribution in [3.63, 3.8) is 0 Å². The third-order valence-electron chi connectivity index (χ3n) is 3.26. The van der Waals surface area contributed by atoms with Crippen LogP contribution in [0.25, 0.3) is 5.76 Å². The van der Waals surface area contributed by atoms with Gasteiger partial charge in [0.15, 0.2) is 0 Å². The van der Waals surface area contributed by atoms with Crippen molar-refractivity contribution in [2.45, 2.75) is 38.9 Å². The molecule has 1 rings (SSSR count). The van der Waals surface area contributed by atoms with E-state index in [1.165, 1.54) is 0 Å². The fourth-order valence-corrected chi connectivity index (χ4v) is 2.88. The molecular weight excluding hydrogens is 330 g/mol. The molecule has 0 N–H and O–H groups in total. The maximum atomic E-state index is 6.15. The number of hydrogen-bond donors (Lipinski definition) is 0. The predicted octanol–water partition coefficient (Wildman–Crippen LogP) is 5.49. The van der Waals surface area contributed by atoms with Crippen molar-refractivity contribution in [2.24, 2.45) is 0 Å². The van der Waals surface area contributed by atoms with Crippen LogP contribution in [0.3, 0.4) is 0 Å². The molecule has 0 saturated heterocycles. The van der Waals surface area contributed by atoms with Crippen LogP contribution >= 0.6 is 27.5 Å². The van der Waals surface area contributed by atoms with E-state index in [1.54, 1.807) is 12.3 Å². The van der Waals surface area contributed by atoms with E-state index in [1.807, 2.05) is 0 Å². The molecule has 1 heterocycles. The first-order valence-corrected chi connectivity index (χ1v) is 9.82. The molecule has 0 aliphatic carbocycles. The molecule has 0 spiro atoms. The SMILES string of the molecule is C=C(O[Si](C)(C)C(C)(C)C)c1ncc(Br)cc1Cl. The van der Waals surface area contributed by atoms with Gasteiger partial charge in [-0.1, -0.05) is 39.0 Å². The molecule has 0 aliphatic heterocycles. The molecule has 1 aromatic rings. The van der Waals surface area contributed by atoms with Gasteiger partial charge in [-0.05, 0) is 40.1 Å². The van der Waals surface area contributed by atoms with Gasteiger partial charge in [0.05, 0.1) is 5.02 Å². The Morgan fingerprint density at radius 1 is 1.44 bits per heavy atom. The first-order chi connectivity index (χ1) is 8.04. The fraction of sp³-hybridized carbons (Fsp3) is 0.462. The average Bonchev–Trinajstić information content (AvgIpc) is 2.14.